The molecule has 0 aliphatic rings. The Morgan fingerprint density at radius 1 is 0.750 bits per heavy atom. The average Bonchev–Trinajstić information content (AvgIpc) is 2.57. The lowest BCUT2D eigenvalue weighted by Crippen LogP contribution is -2.19. The van der Waals surface area contributed by atoms with Crippen LogP contribution >= 0.6 is 0 Å². The maximum atomic E-state index is 12.1. The Balaban J connectivity index is 2.80. The van der Waals surface area contributed by atoms with Crippen LogP contribution in [0.25, 0.3) is 0 Å². The minimum absolute atomic E-state index is 0.101. The molecule has 24 heavy (non-hydrogen) atoms. The van der Waals surface area contributed by atoms with Crippen molar-refractivity contribution in [1.29, 1.82) is 0 Å². The first-order chi connectivity index (χ1) is 11.5. The zero-order valence-corrected chi connectivity index (χ0v) is 14.0. The van der Waals surface area contributed by atoms with Crippen LogP contribution in [-0.4, -0.2) is 23.9 Å². The predicted octanol–water partition coefficient (Wildman–Crippen LogP) is 3.43. The molecule has 0 saturated heterocycles. The summed E-state index contributed by atoms with van der Waals surface area (Å²) in [4.78, 5) is 47.2. The lowest BCUT2D eigenvalue weighted by Gasteiger charge is -2.08. The standard InChI is InChI=1S/C18H22O6/c1-3-5-11-15(19)23-17(21)13-9-7-8-10-14(13)18(22)24-16(20)12-6-4-2/h7-10H,3-6,11-12H2,1-2H3. The lowest BCUT2D eigenvalue weighted by atomic mass is 10.1. The van der Waals surface area contributed by atoms with Gasteiger partial charge in [-0.05, 0) is 25.0 Å². The summed E-state index contributed by atoms with van der Waals surface area (Å²) < 4.78 is 9.46. The zero-order valence-electron chi connectivity index (χ0n) is 14.0. The molecular formula is C18H22O6. The first kappa shape index (κ1) is 19.5. The number of esters is 4. The van der Waals surface area contributed by atoms with Gasteiger partial charge in [0.2, 0.25) is 0 Å². The Kier molecular flexibility index (Phi) is 8.39. The van der Waals surface area contributed by atoms with E-state index >= 15 is 0 Å². The second kappa shape index (κ2) is 10.3. The quantitative estimate of drug-likeness (QED) is 0.535. The van der Waals surface area contributed by atoms with E-state index in [9.17, 15) is 19.2 Å². The molecular weight excluding hydrogens is 312 g/mol. The molecule has 0 unspecified atom stereocenters. The lowest BCUT2D eigenvalue weighted by molar-refractivity contribution is -0.139. The molecule has 0 heterocycles. The molecule has 0 aliphatic heterocycles. The molecule has 6 nitrogen and oxygen atoms in total. The second-order valence-electron chi connectivity index (χ2n) is 5.28. The van der Waals surface area contributed by atoms with Crippen LogP contribution in [0.2, 0.25) is 0 Å². The molecule has 0 aliphatic carbocycles. The number of carbonyl (C=O) groups excluding carboxylic acids is 4. The summed E-state index contributed by atoms with van der Waals surface area (Å²) in [6.07, 6.45) is 3.08. The summed E-state index contributed by atoms with van der Waals surface area (Å²) >= 11 is 0. The summed E-state index contributed by atoms with van der Waals surface area (Å²) in [5.74, 6) is -3.15. The highest BCUT2D eigenvalue weighted by Crippen LogP contribution is 2.13. The highest BCUT2D eigenvalue weighted by Gasteiger charge is 2.22. The van der Waals surface area contributed by atoms with Crippen molar-refractivity contribution in [3.8, 4) is 0 Å². The van der Waals surface area contributed by atoms with Crippen LogP contribution in [0.4, 0.5) is 0 Å². The van der Waals surface area contributed by atoms with Gasteiger partial charge in [0.05, 0.1) is 11.1 Å². The van der Waals surface area contributed by atoms with Crippen LogP contribution in [0.15, 0.2) is 24.3 Å². The number of hydrogen-bond acceptors (Lipinski definition) is 6. The molecule has 1 rings (SSSR count). The van der Waals surface area contributed by atoms with E-state index in [1.54, 1.807) is 0 Å². The molecule has 6 heteroatoms. The molecule has 1 aromatic rings. The molecule has 0 spiro atoms. The fourth-order valence-corrected chi connectivity index (χ4v) is 1.90. The number of unbranched alkanes of at least 4 members (excludes halogenated alkanes) is 2. The van der Waals surface area contributed by atoms with Crippen molar-refractivity contribution >= 4 is 23.9 Å². The monoisotopic (exact) mass is 334 g/mol. The van der Waals surface area contributed by atoms with E-state index in [2.05, 4.69) is 0 Å². The normalized spacial score (nSPS) is 10.1. The minimum atomic E-state index is -0.926. The van der Waals surface area contributed by atoms with E-state index < -0.39 is 23.9 Å². The van der Waals surface area contributed by atoms with Crippen molar-refractivity contribution in [2.45, 2.75) is 52.4 Å². The molecule has 1 aromatic carbocycles. The summed E-state index contributed by atoms with van der Waals surface area (Å²) in [5, 5.41) is 0. The minimum Gasteiger partial charge on any atom is -0.389 e. The van der Waals surface area contributed by atoms with Crippen molar-refractivity contribution < 1.29 is 28.7 Å². The topological polar surface area (TPSA) is 86.7 Å². The number of carbonyl (C=O) groups is 4. The van der Waals surface area contributed by atoms with Gasteiger partial charge >= 0.3 is 23.9 Å². The van der Waals surface area contributed by atoms with Crippen LogP contribution in [0.1, 0.15) is 73.1 Å². The number of ether oxygens (including phenoxy) is 2. The third-order valence-electron chi connectivity index (χ3n) is 3.25. The van der Waals surface area contributed by atoms with Crippen molar-refractivity contribution in [3.63, 3.8) is 0 Å². The van der Waals surface area contributed by atoms with Gasteiger partial charge in [-0.2, -0.15) is 0 Å². The summed E-state index contributed by atoms with van der Waals surface area (Å²) in [6.45, 7) is 3.83. The number of hydrogen-bond donors (Lipinski definition) is 0. The summed E-state index contributed by atoms with van der Waals surface area (Å²) in [6, 6.07) is 5.76. The van der Waals surface area contributed by atoms with Crippen LogP contribution in [0, 0.1) is 0 Å². The average molecular weight is 334 g/mol. The van der Waals surface area contributed by atoms with Crippen molar-refractivity contribution in [3.05, 3.63) is 35.4 Å². The van der Waals surface area contributed by atoms with Gasteiger partial charge in [-0.1, -0.05) is 38.8 Å². The van der Waals surface area contributed by atoms with E-state index in [0.29, 0.717) is 12.8 Å². The molecule has 0 aromatic heterocycles. The molecule has 0 radical (unpaired) electrons. The Bertz CT molecular complexity index is 552. The van der Waals surface area contributed by atoms with E-state index in [1.165, 1.54) is 24.3 Å². The highest BCUT2D eigenvalue weighted by molar-refractivity contribution is 6.07. The number of benzene rings is 1. The summed E-state index contributed by atoms with van der Waals surface area (Å²) in [7, 11) is 0. The first-order valence-electron chi connectivity index (χ1n) is 8.08. The Hall–Kier alpha value is -2.50. The van der Waals surface area contributed by atoms with Crippen LogP contribution in [0.5, 0.6) is 0 Å². The van der Waals surface area contributed by atoms with E-state index in [1.807, 2.05) is 13.8 Å². The first-order valence-corrected chi connectivity index (χ1v) is 8.08. The molecule has 0 saturated carbocycles. The van der Waals surface area contributed by atoms with Gasteiger partial charge in [-0.25, -0.2) is 9.59 Å². The van der Waals surface area contributed by atoms with Gasteiger partial charge < -0.3 is 9.47 Å². The van der Waals surface area contributed by atoms with Gasteiger partial charge in [-0.15, -0.1) is 0 Å². The third kappa shape index (κ3) is 6.32. The van der Waals surface area contributed by atoms with Crippen molar-refractivity contribution in [2.24, 2.45) is 0 Å². The maximum absolute atomic E-state index is 12.1. The van der Waals surface area contributed by atoms with Crippen LogP contribution in [-0.2, 0) is 19.1 Å². The van der Waals surface area contributed by atoms with Crippen LogP contribution in [0.3, 0.4) is 0 Å². The molecule has 130 valence electrons. The Morgan fingerprint density at radius 2 is 1.12 bits per heavy atom. The molecule has 0 fully saturated rings. The predicted molar refractivity (Wildman–Crippen MR) is 86.3 cm³/mol. The SMILES string of the molecule is CCCCC(=O)OC(=O)c1ccccc1C(=O)OC(=O)CCCC. The van der Waals surface area contributed by atoms with Crippen molar-refractivity contribution in [2.75, 3.05) is 0 Å². The smallest absolute Gasteiger partial charge is 0.346 e. The molecule has 0 atom stereocenters. The van der Waals surface area contributed by atoms with E-state index in [0.717, 1.165) is 12.8 Å². The van der Waals surface area contributed by atoms with Crippen molar-refractivity contribution in [1.82, 2.24) is 0 Å². The molecule has 0 amide bonds. The summed E-state index contributed by atoms with van der Waals surface area (Å²) in [5.41, 5.74) is -0.203. The number of rotatable bonds is 8. The largest absolute Gasteiger partial charge is 0.389 e. The highest BCUT2D eigenvalue weighted by atomic mass is 16.6. The Morgan fingerprint density at radius 3 is 1.46 bits per heavy atom. The van der Waals surface area contributed by atoms with E-state index in [4.69, 9.17) is 9.47 Å². The van der Waals surface area contributed by atoms with Gasteiger partial charge in [0, 0.05) is 12.8 Å². The molecule has 0 bridgehead atoms. The van der Waals surface area contributed by atoms with Crippen LogP contribution < -0.4 is 0 Å². The van der Waals surface area contributed by atoms with Gasteiger partial charge in [-0.3, -0.25) is 9.59 Å². The second-order valence-corrected chi connectivity index (χ2v) is 5.28. The fraction of sp³-hybridized carbons (Fsp3) is 0.444. The molecule has 0 N–H and O–H groups in total. The Labute approximate surface area is 141 Å². The van der Waals surface area contributed by atoms with Gasteiger partial charge in [0.25, 0.3) is 0 Å². The zero-order chi connectivity index (χ0) is 17.9. The third-order valence-corrected chi connectivity index (χ3v) is 3.25. The van der Waals surface area contributed by atoms with Gasteiger partial charge in [0.1, 0.15) is 0 Å². The van der Waals surface area contributed by atoms with E-state index in [-0.39, 0.29) is 24.0 Å². The van der Waals surface area contributed by atoms with Gasteiger partial charge in [0.15, 0.2) is 0 Å². The fourth-order valence-electron chi connectivity index (χ4n) is 1.90. The maximum Gasteiger partial charge on any atom is 0.346 e.